The van der Waals surface area contributed by atoms with Crippen LogP contribution in [-0.2, 0) is 0 Å². The molecule has 1 aromatic rings. The highest BCUT2D eigenvalue weighted by atomic mass is 19.3. The third-order valence-corrected chi connectivity index (χ3v) is 1.63. The van der Waals surface area contributed by atoms with E-state index in [0.29, 0.717) is 6.20 Å². The lowest BCUT2D eigenvalue weighted by atomic mass is 10.2. The Morgan fingerprint density at radius 1 is 1.57 bits per heavy atom. The number of nitrogens with zero attached hydrogens (tertiary/aromatic N) is 2. The van der Waals surface area contributed by atoms with Gasteiger partial charge in [-0.05, 0) is 6.92 Å². The highest BCUT2D eigenvalue weighted by Crippen LogP contribution is 2.31. The van der Waals surface area contributed by atoms with Crippen molar-refractivity contribution in [3.63, 3.8) is 0 Å². The molecule has 1 rings (SSSR count). The van der Waals surface area contributed by atoms with Crippen LogP contribution in [0.5, 0.6) is 0 Å². The number of pyridine rings is 1. The van der Waals surface area contributed by atoms with Gasteiger partial charge in [0.25, 0.3) is 12.1 Å². The van der Waals surface area contributed by atoms with Crippen LogP contribution in [0.25, 0.3) is 0 Å². The summed E-state index contributed by atoms with van der Waals surface area (Å²) < 4.78 is 37.5. The Balaban J connectivity index is 3.45. The van der Waals surface area contributed by atoms with Crippen LogP contribution in [0.1, 0.15) is 17.7 Å². The van der Waals surface area contributed by atoms with Gasteiger partial charge in [0.05, 0.1) is 10.6 Å². The fourth-order valence-electron chi connectivity index (χ4n) is 0.945. The number of hydrogen-bond donors (Lipinski definition) is 0. The highest BCUT2D eigenvalue weighted by Gasteiger charge is 2.27. The van der Waals surface area contributed by atoms with Crippen LogP contribution in [0.4, 0.5) is 18.9 Å². The first-order valence-corrected chi connectivity index (χ1v) is 3.52. The molecule has 0 amide bonds. The van der Waals surface area contributed by atoms with Crippen molar-refractivity contribution in [2.75, 3.05) is 0 Å². The van der Waals surface area contributed by atoms with Gasteiger partial charge in [-0.3, -0.25) is 15.1 Å². The minimum absolute atomic E-state index is 0.286. The molecule has 0 aliphatic heterocycles. The molecule has 4 nitrogen and oxygen atoms in total. The third kappa shape index (κ3) is 1.66. The highest BCUT2D eigenvalue weighted by molar-refractivity contribution is 5.40. The molecule has 0 bridgehead atoms. The van der Waals surface area contributed by atoms with E-state index in [1.165, 1.54) is 0 Å². The van der Waals surface area contributed by atoms with Crippen LogP contribution in [-0.4, -0.2) is 9.91 Å². The van der Waals surface area contributed by atoms with Crippen LogP contribution in [0.15, 0.2) is 6.20 Å². The maximum atomic E-state index is 13.0. The van der Waals surface area contributed by atoms with Crippen molar-refractivity contribution in [3.05, 3.63) is 33.4 Å². The van der Waals surface area contributed by atoms with E-state index in [2.05, 4.69) is 4.98 Å². The fraction of sp³-hybridized carbons (Fsp3) is 0.286. The van der Waals surface area contributed by atoms with Crippen molar-refractivity contribution in [1.29, 1.82) is 0 Å². The van der Waals surface area contributed by atoms with Gasteiger partial charge in [-0.15, -0.1) is 0 Å². The topological polar surface area (TPSA) is 56.0 Å². The van der Waals surface area contributed by atoms with Gasteiger partial charge in [-0.2, -0.15) is 0 Å². The molecule has 0 aliphatic rings. The molecule has 0 radical (unpaired) electrons. The first kappa shape index (κ1) is 10.4. The second kappa shape index (κ2) is 3.60. The maximum absolute atomic E-state index is 13.0. The number of aryl methyl sites for hydroxylation is 1. The number of hydrogen-bond acceptors (Lipinski definition) is 3. The molecule has 0 spiro atoms. The Morgan fingerprint density at radius 2 is 2.14 bits per heavy atom. The molecule has 7 heteroatoms. The molecule has 1 heterocycles. The summed E-state index contributed by atoms with van der Waals surface area (Å²) in [4.78, 5) is 12.5. The Hall–Kier alpha value is -1.66. The Kier molecular flexibility index (Phi) is 2.68. The van der Waals surface area contributed by atoms with Gasteiger partial charge in [0.15, 0.2) is 5.82 Å². The lowest BCUT2D eigenvalue weighted by molar-refractivity contribution is -0.386. The number of aromatic nitrogens is 1. The van der Waals surface area contributed by atoms with Crippen molar-refractivity contribution < 1.29 is 18.1 Å². The van der Waals surface area contributed by atoms with Crippen LogP contribution < -0.4 is 0 Å². The van der Waals surface area contributed by atoms with Crippen LogP contribution >= 0.6 is 0 Å². The van der Waals surface area contributed by atoms with Crippen molar-refractivity contribution in [2.24, 2.45) is 0 Å². The van der Waals surface area contributed by atoms with E-state index in [1.807, 2.05) is 0 Å². The van der Waals surface area contributed by atoms with Crippen molar-refractivity contribution in [2.45, 2.75) is 13.3 Å². The normalized spacial score (nSPS) is 10.6. The summed E-state index contributed by atoms with van der Waals surface area (Å²) in [6.07, 6.45) is -2.60. The summed E-state index contributed by atoms with van der Waals surface area (Å²) >= 11 is 0. The van der Waals surface area contributed by atoms with Crippen LogP contribution in [0, 0.1) is 22.9 Å². The molecule has 0 N–H and O–H groups in total. The number of nitro groups is 1. The van der Waals surface area contributed by atoms with E-state index < -0.39 is 28.4 Å². The summed E-state index contributed by atoms with van der Waals surface area (Å²) in [6, 6.07) is 0. The van der Waals surface area contributed by atoms with Gasteiger partial charge < -0.3 is 0 Å². The first-order valence-electron chi connectivity index (χ1n) is 3.52. The largest absolute Gasteiger partial charge is 0.299 e. The van der Waals surface area contributed by atoms with E-state index in [4.69, 9.17) is 0 Å². The lowest BCUT2D eigenvalue weighted by Crippen LogP contribution is -2.03. The minimum Gasteiger partial charge on any atom is -0.258 e. The zero-order valence-electron chi connectivity index (χ0n) is 7.00. The summed E-state index contributed by atoms with van der Waals surface area (Å²) in [5.74, 6) is -1.32. The Labute approximate surface area is 76.5 Å². The fourth-order valence-corrected chi connectivity index (χ4v) is 0.945. The molecule has 0 saturated heterocycles. The zero-order chi connectivity index (χ0) is 10.9. The molecule has 14 heavy (non-hydrogen) atoms. The molecule has 0 atom stereocenters. The summed E-state index contributed by atoms with van der Waals surface area (Å²) in [5.41, 5.74) is -2.49. The van der Waals surface area contributed by atoms with Crippen molar-refractivity contribution in [1.82, 2.24) is 4.98 Å². The molecule has 0 aliphatic carbocycles. The molecule has 1 aromatic heterocycles. The average molecular weight is 206 g/mol. The molecular formula is C7H5F3N2O2. The molecule has 76 valence electrons. The van der Waals surface area contributed by atoms with Gasteiger partial charge in [0.1, 0.15) is 11.8 Å². The number of alkyl halides is 2. The van der Waals surface area contributed by atoms with E-state index in [-0.39, 0.29) is 5.69 Å². The molecule has 0 fully saturated rings. The zero-order valence-corrected chi connectivity index (χ0v) is 7.00. The van der Waals surface area contributed by atoms with Gasteiger partial charge in [-0.1, -0.05) is 0 Å². The predicted octanol–water partition coefficient (Wildman–Crippen LogP) is 2.37. The second-order valence-electron chi connectivity index (χ2n) is 2.51. The van der Waals surface area contributed by atoms with E-state index >= 15 is 0 Å². The molecule has 0 saturated carbocycles. The lowest BCUT2D eigenvalue weighted by Gasteiger charge is -2.04. The number of rotatable bonds is 2. The monoisotopic (exact) mass is 206 g/mol. The third-order valence-electron chi connectivity index (χ3n) is 1.63. The van der Waals surface area contributed by atoms with E-state index in [0.717, 1.165) is 6.92 Å². The van der Waals surface area contributed by atoms with Crippen LogP contribution in [0.3, 0.4) is 0 Å². The minimum atomic E-state index is -3.22. The summed E-state index contributed by atoms with van der Waals surface area (Å²) in [7, 11) is 0. The standard InChI is InChI=1S/C7H5F3N2O2/c1-3-6(8)5(7(9)10)4(2-11-3)12(13)14/h2,7H,1H3. The van der Waals surface area contributed by atoms with E-state index in [9.17, 15) is 23.3 Å². The Morgan fingerprint density at radius 3 is 2.57 bits per heavy atom. The molecular weight excluding hydrogens is 201 g/mol. The quantitative estimate of drug-likeness (QED) is 0.551. The van der Waals surface area contributed by atoms with Crippen molar-refractivity contribution in [3.8, 4) is 0 Å². The summed E-state index contributed by atoms with van der Waals surface area (Å²) in [6.45, 7) is 1.16. The molecule has 0 unspecified atom stereocenters. The van der Waals surface area contributed by atoms with Gasteiger partial charge >= 0.3 is 0 Å². The smallest absolute Gasteiger partial charge is 0.258 e. The average Bonchev–Trinajstić information content (AvgIpc) is 2.08. The molecule has 0 aromatic carbocycles. The van der Waals surface area contributed by atoms with Crippen LogP contribution in [0.2, 0.25) is 0 Å². The predicted molar refractivity (Wildman–Crippen MR) is 40.5 cm³/mol. The van der Waals surface area contributed by atoms with Gasteiger partial charge in [0, 0.05) is 0 Å². The van der Waals surface area contributed by atoms with Crippen molar-refractivity contribution >= 4 is 5.69 Å². The summed E-state index contributed by atoms with van der Waals surface area (Å²) in [5, 5.41) is 10.3. The second-order valence-corrected chi connectivity index (χ2v) is 2.51. The maximum Gasteiger partial charge on any atom is 0.299 e. The Bertz CT molecular complexity index is 381. The van der Waals surface area contributed by atoms with E-state index in [1.54, 1.807) is 0 Å². The van der Waals surface area contributed by atoms with Gasteiger partial charge in [0.2, 0.25) is 0 Å². The SMILES string of the molecule is Cc1ncc([N+](=O)[O-])c(C(F)F)c1F. The van der Waals surface area contributed by atoms with Gasteiger partial charge in [-0.25, -0.2) is 13.2 Å². The first-order chi connectivity index (χ1) is 6.45. The number of halogens is 3.